The summed E-state index contributed by atoms with van der Waals surface area (Å²) >= 11 is 3.04. The minimum atomic E-state index is 0.791. The van der Waals surface area contributed by atoms with Crippen molar-refractivity contribution in [2.24, 2.45) is 0 Å². The Morgan fingerprint density at radius 1 is 1.24 bits per heavy atom. The standard InChI is InChI=1S/C15H16N4S2/c1-3-13-18-15(21-19-13)20-14-11(9-16-2)8-10-6-4-5-7-12(10)17-14/h4-8,16H,3,9H2,1-2H3. The smallest absolute Gasteiger partial charge is 0.176 e. The molecule has 0 aliphatic carbocycles. The third-order valence-electron chi connectivity index (χ3n) is 3.08. The summed E-state index contributed by atoms with van der Waals surface area (Å²) in [5, 5.41) is 5.37. The van der Waals surface area contributed by atoms with E-state index in [0.29, 0.717) is 0 Å². The maximum atomic E-state index is 4.79. The van der Waals surface area contributed by atoms with Gasteiger partial charge < -0.3 is 5.32 Å². The Morgan fingerprint density at radius 3 is 2.86 bits per heavy atom. The molecular weight excluding hydrogens is 300 g/mol. The van der Waals surface area contributed by atoms with Gasteiger partial charge in [-0.3, -0.25) is 0 Å². The first-order valence-corrected chi connectivity index (χ1v) is 8.43. The van der Waals surface area contributed by atoms with Crippen molar-refractivity contribution in [2.75, 3.05) is 7.05 Å². The topological polar surface area (TPSA) is 50.7 Å². The molecule has 2 aromatic heterocycles. The van der Waals surface area contributed by atoms with Gasteiger partial charge in [-0.15, -0.1) is 0 Å². The van der Waals surface area contributed by atoms with Gasteiger partial charge >= 0.3 is 0 Å². The SMILES string of the molecule is CCc1nsc(Sc2nc3ccccc3cc2CNC)n1. The molecule has 0 unspecified atom stereocenters. The number of para-hydroxylation sites is 1. The lowest BCUT2D eigenvalue weighted by atomic mass is 10.1. The van der Waals surface area contributed by atoms with Crippen LogP contribution in [0.1, 0.15) is 18.3 Å². The molecule has 0 saturated carbocycles. The van der Waals surface area contributed by atoms with Crippen LogP contribution < -0.4 is 5.32 Å². The molecule has 0 amide bonds. The zero-order chi connectivity index (χ0) is 14.7. The summed E-state index contributed by atoms with van der Waals surface area (Å²) in [7, 11) is 1.95. The van der Waals surface area contributed by atoms with E-state index in [1.807, 2.05) is 25.2 Å². The number of aromatic nitrogens is 3. The van der Waals surface area contributed by atoms with Crippen LogP contribution in [-0.2, 0) is 13.0 Å². The minimum Gasteiger partial charge on any atom is -0.316 e. The van der Waals surface area contributed by atoms with Gasteiger partial charge in [0.2, 0.25) is 0 Å². The molecule has 4 nitrogen and oxygen atoms in total. The number of hydrogen-bond donors (Lipinski definition) is 1. The molecule has 0 atom stereocenters. The lowest BCUT2D eigenvalue weighted by Crippen LogP contribution is -2.07. The van der Waals surface area contributed by atoms with Crippen LogP contribution >= 0.6 is 23.3 Å². The van der Waals surface area contributed by atoms with E-state index < -0.39 is 0 Å². The first-order valence-electron chi connectivity index (χ1n) is 6.84. The van der Waals surface area contributed by atoms with E-state index in [4.69, 9.17) is 4.98 Å². The number of pyridine rings is 1. The average Bonchev–Trinajstić information content (AvgIpc) is 2.96. The van der Waals surface area contributed by atoms with Gasteiger partial charge in [0.25, 0.3) is 0 Å². The molecule has 0 spiro atoms. The molecule has 3 aromatic rings. The second-order valence-corrected chi connectivity index (χ2v) is 6.60. The van der Waals surface area contributed by atoms with Crippen molar-refractivity contribution in [2.45, 2.75) is 29.3 Å². The van der Waals surface area contributed by atoms with Gasteiger partial charge in [-0.2, -0.15) is 4.37 Å². The molecule has 0 fully saturated rings. The minimum absolute atomic E-state index is 0.791. The molecule has 3 rings (SSSR count). The predicted molar refractivity (Wildman–Crippen MR) is 87.9 cm³/mol. The number of benzene rings is 1. The summed E-state index contributed by atoms with van der Waals surface area (Å²) in [6.07, 6.45) is 0.867. The fourth-order valence-corrected chi connectivity index (χ4v) is 3.77. The van der Waals surface area contributed by atoms with Crippen molar-refractivity contribution in [1.82, 2.24) is 19.7 Å². The van der Waals surface area contributed by atoms with Gasteiger partial charge in [-0.25, -0.2) is 9.97 Å². The molecular formula is C15H16N4S2. The highest BCUT2D eigenvalue weighted by Crippen LogP contribution is 2.32. The number of nitrogens with one attached hydrogen (secondary N) is 1. The molecule has 0 bridgehead atoms. The van der Waals surface area contributed by atoms with Gasteiger partial charge in [-0.1, -0.05) is 25.1 Å². The van der Waals surface area contributed by atoms with Crippen LogP contribution in [0.5, 0.6) is 0 Å². The van der Waals surface area contributed by atoms with Gasteiger partial charge in [-0.05, 0) is 48.0 Å². The van der Waals surface area contributed by atoms with Gasteiger partial charge in [0.15, 0.2) is 4.34 Å². The maximum Gasteiger partial charge on any atom is 0.176 e. The van der Waals surface area contributed by atoms with Crippen molar-refractivity contribution in [3.05, 3.63) is 41.7 Å². The van der Waals surface area contributed by atoms with Crippen LogP contribution in [0.3, 0.4) is 0 Å². The highest BCUT2D eigenvalue weighted by atomic mass is 32.2. The Kier molecular flexibility index (Phi) is 4.48. The summed E-state index contributed by atoms with van der Waals surface area (Å²) in [6, 6.07) is 10.4. The quantitative estimate of drug-likeness (QED) is 0.780. The fourth-order valence-electron chi connectivity index (χ4n) is 2.05. The molecule has 108 valence electrons. The summed E-state index contributed by atoms with van der Waals surface area (Å²) in [4.78, 5) is 9.30. The predicted octanol–water partition coefficient (Wildman–Crippen LogP) is 3.52. The largest absolute Gasteiger partial charge is 0.316 e. The van der Waals surface area contributed by atoms with Crippen LogP contribution in [0.2, 0.25) is 0 Å². The number of hydrogen-bond acceptors (Lipinski definition) is 6. The first-order chi connectivity index (χ1) is 10.3. The molecule has 2 heterocycles. The van der Waals surface area contributed by atoms with E-state index >= 15 is 0 Å². The van der Waals surface area contributed by atoms with Gasteiger partial charge in [0.05, 0.1) is 5.52 Å². The van der Waals surface area contributed by atoms with Crippen LogP contribution in [-0.4, -0.2) is 21.4 Å². The molecule has 0 radical (unpaired) electrons. The monoisotopic (exact) mass is 316 g/mol. The van der Waals surface area contributed by atoms with Crippen molar-refractivity contribution in [3.8, 4) is 0 Å². The Hall–Kier alpha value is -1.50. The van der Waals surface area contributed by atoms with Crippen LogP contribution in [0.15, 0.2) is 39.7 Å². The van der Waals surface area contributed by atoms with Gasteiger partial charge in [0.1, 0.15) is 10.9 Å². The van der Waals surface area contributed by atoms with Crippen molar-refractivity contribution >= 4 is 34.2 Å². The molecule has 21 heavy (non-hydrogen) atoms. The first kappa shape index (κ1) is 14.4. The number of nitrogens with zero attached hydrogens (tertiary/aromatic N) is 3. The normalized spacial score (nSPS) is 11.1. The number of aryl methyl sites for hydroxylation is 1. The second kappa shape index (κ2) is 6.51. The third kappa shape index (κ3) is 3.23. The Balaban J connectivity index is 2.00. The summed E-state index contributed by atoms with van der Waals surface area (Å²) in [5.74, 6) is 0.901. The Morgan fingerprint density at radius 2 is 2.10 bits per heavy atom. The van der Waals surface area contributed by atoms with Gasteiger partial charge in [0, 0.05) is 18.4 Å². The Labute approximate surface area is 132 Å². The second-order valence-electron chi connectivity index (χ2n) is 4.61. The highest BCUT2D eigenvalue weighted by Gasteiger charge is 2.11. The average molecular weight is 316 g/mol. The lowest BCUT2D eigenvalue weighted by molar-refractivity contribution is 0.794. The van der Waals surface area contributed by atoms with Crippen LogP contribution in [0, 0.1) is 0 Å². The van der Waals surface area contributed by atoms with Crippen LogP contribution in [0.4, 0.5) is 0 Å². The molecule has 0 aliphatic rings. The number of rotatable bonds is 5. The molecule has 1 N–H and O–H groups in total. The van der Waals surface area contributed by atoms with Crippen LogP contribution in [0.25, 0.3) is 10.9 Å². The molecule has 0 aliphatic heterocycles. The zero-order valence-electron chi connectivity index (χ0n) is 12.0. The van der Waals surface area contributed by atoms with E-state index in [0.717, 1.165) is 33.7 Å². The van der Waals surface area contributed by atoms with Crippen molar-refractivity contribution in [1.29, 1.82) is 0 Å². The zero-order valence-corrected chi connectivity index (χ0v) is 13.6. The number of fused-ring (bicyclic) bond motifs is 1. The molecule has 0 saturated heterocycles. The summed E-state index contributed by atoms with van der Waals surface area (Å²) in [5.41, 5.74) is 2.20. The maximum absolute atomic E-state index is 4.79. The highest BCUT2D eigenvalue weighted by molar-refractivity contribution is 8.00. The fraction of sp³-hybridized carbons (Fsp3) is 0.267. The molecule has 6 heteroatoms. The van der Waals surface area contributed by atoms with Crippen molar-refractivity contribution in [3.63, 3.8) is 0 Å². The van der Waals surface area contributed by atoms with E-state index in [-0.39, 0.29) is 0 Å². The van der Waals surface area contributed by atoms with E-state index in [1.165, 1.54) is 22.5 Å². The molecule has 1 aromatic carbocycles. The van der Waals surface area contributed by atoms with E-state index in [2.05, 4.69) is 33.7 Å². The summed E-state index contributed by atoms with van der Waals surface area (Å²) < 4.78 is 5.29. The van der Waals surface area contributed by atoms with E-state index in [1.54, 1.807) is 11.8 Å². The Bertz CT molecular complexity index is 754. The lowest BCUT2D eigenvalue weighted by Gasteiger charge is -2.08. The van der Waals surface area contributed by atoms with E-state index in [9.17, 15) is 0 Å². The third-order valence-corrected chi connectivity index (χ3v) is 4.92. The van der Waals surface area contributed by atoms with Crippen molar-refractivity contribution < 1.29 is 0 Å². The summed E-state index contributed by atoms with van der Waals surface area (Å²) in [6.45, 7) is 2.86.